The second-order valence-electron chi connectivity index (χ2n) is 6.56. The molecule has 0 bridgehead atoms. The summed E-state index contributed by atoms with van der Waals surface area (Å²) in [5.41, 5.74) is 9.88. The Balaban J connectivity index is 0.000000211. The Bertz CT molecular complexity index is 990. The number of carbonyl (C=O) groups excluding carboxylic acids is 1. The maximum Gasteiger partial charge on any atom is 0.224 e. The summed E-state index contributed by atoms with van der Waals surface area (Å²) in [6.45, 7) is 3.72. The summed E-state index contributed by atoms with van der Waals surface area (Å²) in [5, 5.41) is 18.8. The highest BCUT2D eigenvalue weighted by Crippen LogP contribution is 2.33. The van der Waals surface area contributed by atoms with Crippen molar-refractivity contribution in [2.24, 2.45) is 0 Å². The molecule has 0 saturated heterocycles. The fourth-order valence-corrected chi connectivity index (χ4v) is 3.20. The molecule has 1 atom stereocenters. The third-order valence-corrected chi connectivity index (χ3v) is 4.58. The van der Waals surface area contributed by atoms with Gasteiger partial charge in [0.1, 0.15) is 17.6 Å². The lowest BCUT2D eigenvalue weighted by Crippen LogP contribution is -2.40. The van der Waals surface area contributed by atoms with Crippen LogP contribution < -0.4 is 10.6 Å². The summed E-state index contributed by atoms with van der Waals surface area (Å²) in [6, 6.07) is 11.5. The Morgan fingerprint density at radius 3 is 2.75 bits per heavy atom. The average molecular weight is 375 g/mol. The zero-order chi connectivity index (χ0) is 20.1. The standard InChI is InChI=1S/C14H16N4O.C6H5N3/c1-9-3-4-12-7-11(13-8-15-17-16-13)5-6-14(12)18(9)10(2)19;7-3-5-1-2-6(8)9-4-5/h5-9H,3-4H2,1-2H3,(H,15,16,17);1-2,4H,(H2,8,9)/t9-;/m0./s1. The van der Waals surface area contributed by atoms with Gasteiger partial charge in [0.15, 0.2) is 0 Å². The predicted molar refractivity (Wildman–Crippen MR) is 106 cm³/mol. The number of fused-ring (bicyclic) bond motifs is 1. The van der Waals surface area contributed by atoms with E-state index in [9.17, 15) is 4.79 Å². The molecule has 2 aromatic heterocycles. The second-order valence-corrected chi connectivity index (χ2v) is 6.56. The number of nitrogen functional groups attached to an aromatic ring is 1. The molecule has 1 aromatic carbocycles. The molecule has 3 heterocycles. The quantitative estimate of drug-likeness (QED) is 0.674. The number of nitrogens with zero attached hydrogens (tertiary/aromatic N) is 5. The molecule has 0 fully saturated rings. The van der Waals surface area contributed by atoms with Crippen molar-refractivity contribution in [3.8, 4) is 17.3 Å². The zero-order valence-corrected chi connectivity index (χ0v) is 15.8. The van der Waals surface area contributed by atoms with Gasteiger partial charge >= 0.3 is 0 Å². The van der Waals surface area contributed by atoms with Gasteiger partial charge in [0, 0.05) is 30.4 Å². The van der Waals surface area contributed by atoms with Crippen molar-refractivity contribution in [1.29, 1.82) is 5.26 Å². The molecular weight excluding hydrogens is 354 g/mol. The zero-order valence-electron chi connectivity index (χ0n) is 15.8. The van der Waals surface area contributed by atoms with Gasteiger partial charge in [-0.2, -0.15) is 20.7 Å². The molecule has 1 aliphatic rings. The first kappa shape index (κ1) is 19.0. The average Bonchev–Trinajstić information content (AvgIpc) is 3.23. The van der Waals surface area contributed by atoms with Crippen LogP contribution in [0.1, 0.15) is 31.4 Å². The van der Waals surface area contributed by atoms with E-state index in [0.29, 0.717) is 11.4 Å². The Hall–Kier alpha value is -3.73. The van der Waals surface area contributed by atoms with Crippen LogP contribution in [-0.4, -0.2) is 32.3 Å². The number of pyridine rings is 1. The minimum absolute atomic E-state index is 0.0997. The molecule has 0 radical (unpaired) electrons. The molecule has 8 heteroatoms. The van der Waals surface area contributed by atoms with Gasteiger partial charge in [-0.3, -0.25) is 4.79 Å². The molecule has 142 valence electrons. The molecule has 3 aromatic rings. The Morgan fingerprint density at radius 1 is 1.32 bits per heavy atom. The minimum Gasteiger partial charge on any atom is -0.384 e. The van der Waals surface area contributed by atoms with Gasteiger partial charge < -0.3 is 10.6 Å². The topological polar surface area (TPSA) is 125 Å². The minimum atomic E-state index is 0.0997. The number of anilines is 2. The number of amides is 1. The van der Waals surface area contributed by atoms with E-state index in [-0.39, 0.29) is 11.9 Å². The van der Waals surface area contributed by atoms with Crippen molar-refractivity contribution in [3.63, 3.8) is 0 Å². The number of rotatable bonds is 1. The highest BCUT2D eigenvalue weighted by atomic mass is 16.2. The lowest BCUT2D eigenvalue weighted by molar-refractivity contribution is -0.117. The van der Waals surface area contributed by atoms with Gasteiger partial charge in [-0.15, -0.1) is 0 Å². The van der Waals surface area contributed by atoms with Gasteiger partial charge in [0.2, 0.25) is 5.91 Å². The summed E-state index contributed by atoms with van der Waals surface area (Å²) < 4.78 is 0. The van der Waals surface area contributed by atoms with Crippen LogP contribution in [0.5, 0.6) is 0 Å². The number of H-pyrrole nitrogens is 1. The van der Waals surface area contributed by atoms with E-state index >= 15 is 0 Å². The van der Waals surface area contributed by atoms with Crippen LogP contribution in [0.2, 0.25) is 0 Å². The number of nitrogens with two attached hydrogens (primary N) is 1. The number of aryl methyl sites for hydroxylation is 1. The summed E-state index contributed by atoms with van der Waals surface area (Å²) >= 11 is 0. The van der Waals surface area contributed by atoms with Crippen LogP contribution in [0, 0.1) is 11.3 Å². The van der Waals surface area contributed by atoms with Crippen molar-refractivity contribution in [1.82, 2.24) is 20.4 Å². The molecule has 28 heavy (non-hydrogen) atoms. The summed E-state index contributed by atoms with van der Waals surface area (Å²) in [4.78, 5) is 17.4. The van der Waals surface area contributed by atoms with Crippen molar-refractivity contribution < 1.29 is 4.79 Å². The highest BCUT2D eigenvalue weighted by molar-refractivity contribution is 5.93. The van der Waals surface area contributed by atoms with Crippen LogP contribution in [0.25, 0.3) is 11.3 Å². The summed E-state index contributed by atoms with van der Waals surface area (Å²) in [7, 11) is 0. The molecular formula is C20H21N7O. The van der Waals surface area contributed by atoms with Crippen LogP contribution in [-0.2, 0) is 11.2 Å². The number of aromatic nitrogens is 4. The number of nitriles is 1. The second kappa shape index (κ2) is 8.31. The van der Waals surface area contributed by atoms with Gasteiger partial charge in [-0.25, -0.2) is 4.98 Å². The van der Waals surface area contributed by atoms with Crippen molar-refractivity contribution in [3.05, 3.63) is 53.9 Å². The van der Waals surface area contributed by atoms with Crippen LogP contribution >= 0.6 is 0 Å². The monoisotopic (exact) mass is 375 g/mol. The Labute approximate surface area is 163 Å². The third-order valence-electron chi connectivity index (χ3n) is 4.58. The lowest BCUT2D eigenvalue weighted by atomic mass is 9.94. The molecule has 0 saturated carbocycles. The van der Waals surface area contributed by atoms with Gasteiger partial charge in [-0.1, -0.05) is 6.07 Å². The van der Waals surface area contributed by atoms with Crippen LogP contribution in [0.3, 0.4) is 0 Å². The largest absolute Gasteiger partial charge is 0.384 e. The van der Waals surface area contributed by atoms with Crippen LogP contribution in [0.4, 0.5) is 11.5 Å². The maximum atomic E-state index is 11.8. The van der Waals surface area contributed by atoms with Gasteiger partial charge in [0.25, 0.3) is 0 Å². The summed E-state index contributed by atoms with van der Waals surface area (Å²) in [5.74, 6) is 0.539. The van der Waals surface area contributed by atoms with Crippen molar-refractivity contribution in [2.45, 2.75) is 32.7 Å². The Morgan fingerprint density at radius 2 is 2.14 bits per heavy atom. The fraction of sp³-hybridized carbons (Fsp3) is 0.250. The number of nitrogens with one attached hydrogen (secondary N) is 1. The molecule has 8 nitrogen and oxygen atoms in total. The van der Waals surface area contributed by atoms with Gasteiger partial charge in [-0.05, 0) is 49.6 Å². The first-order valence-corrected chi connectivity index (χ1v) is 8.90. The van der Waals surface area contributed by atoms with E-state index in [0.717, 1.165) is 29.8 Å². The first-order valence-electron chi connectivity index (χ1n) is 8.90. The normalized spacial score (nSPS) is 15.0. The molecule has 0 spiro atoms. The van der Waals surface area contributed by atoms with E-state index in [1.165, 1.54) is 11.8 Å². The fourth-order valence-electron chi connectivity index (χ4n) is 3.20. The molecule has 0 aliphatic carbocycles. The van der Waals surface area contributed by atoms with Crippen LogP contribution in [0.15, 0.2) is 42.7 Å². The van der Waals surface area contributed by atoms with E-state index in [4.69, 9.17) is 11.0 Å². The number of carbonyl (C=O) groups is 1. The smallest absolute Gasteiger partial charge is 0.224 e. The maximum absolute atomic E-state index is 11.8. The summed E-state index contributed by atoms with van der Waals surface area (Å²) in [6.07, 6.45) is 5.13. The molecule has 1 aliphatic heterocycles. The molecule has 1 amide bonds. The predicted octanol–water partition coefficient (Wildman–Crippen LogP) is 2.69. The first-order chi connectivity index (χ1) is 13.5. The molecule has 3 N–H and O–H groups in total. The number of hydrogen-bond acceptors (Lipinski definition) is 6. The van der Waals surface area contributed by atoms with E-state index in [1.807, 2.05) is 23.1 Å². The van der Waals surface area contributed by atoms with Crippen molar-refractivity contribution >= 4 is 17.4 Å². The Kier molecular flexibility index (Phi) is 5.65. The number of hydrogen-bond donors (Lipinski definition) is 2. The highest BCUT2D eigenvalue weighted by Gasteiger charge is 2.26. The van der Waals surface area contributed by atoms with E-state index in [2.05, 4.69) is 33.4 Å². The number of aromatic amines is 1. The van der Waals surface area contributed by atoms with Crippen molar-refractivity contribution in [2.75, 3.05) is 10.6 Å². The third kappa shape index (κ3) is 4.15. The number of benzene rings is 1. The van der Waals surface area contributed by atoms with E-state index < -0.39 is 0 Å². The van der Waals surface area contributed by atoms with Gasteiger partial charge in [0.05, 0.1) is 11.8 Å². The SMILES string of the molecule is CC(=O)N1c2ccc(-c3cn[nH]n3)cc2CC[C@@H]1C.N#Cc1ccc(N)nc1. The molecule has 4 rings (SSSR count). The lowest BCUT2D eigenvalue weighted by Gasteiger charge is -2.34. The molecule has 0 unspecified atom stereocenters. The van der Waals surface area contributed by atoms with E-state index in [1.54, 1.807) is 25.3 Å².